The summed E-state index contributed by atoms with van der Waals surface area (Å²) < 4.78 is 60.2. The molecule has 57 heavy (non-hydrogen) atoms. The lowest BCUT2D eigenvalue weighted by atomic mass is 10.1. The van der Waals surface area contributed by atoms with Crippen LogP contribution in [0.3, 0.4) is 0 Å². The third-order valence-electron chi connectivity index (χ3n) is 9.26. The Morgan fingerprint density at radius 2 is 1.09 bits per heavy atom. The number of sulfonamides is 2. The minimum Gasteiger partial charge on any atom is -0.472 e. The molecule has 25 heteroatoms. The van der Waals surface area contributed by atoms with Gasteiger partial charge in [-0.05, 0) is 17.7 Å². The Bertz CT molecular complexity index is 2220. The molecule has 2 unspecified atom stereocenters. The van der Waals surface area contributed by atoms with E-state index in [0.717, 1.165) is 33.8 Å². The normalized spacial score (nSPS) is 19.6. The first kappa shape index (κ1) is 42.1. The van der Waals surface area contributed by atoms with E-state index in [4.69, 9.17) is 30.1 Å². The van der Waals surface area contributed by atoms with Gasteiger partial charge in [-0.15, -0.1) is 0 Å². The van der Waals surface area contributed by atoms with Crippen molar-refractivity contribution in [1.82, 2.24) is 29.5 Å². The topological polar surface area (TPSA) is 280 Å². The van der Waals surface area contributed by atoms with Crippen molar-refractivity contribution in [1.29, 1.82) is 0 Å². The highest BCUT2D eigenvalue weighted by Crippen LogP contribution is 2.33. The number of anilines is 2. The summed E-state index contributed by atoms with van der Waals surface area (Å²) in [6.07, 6.45) is 3.34. The lowest BCUT2D eigenvalue weighted by Crippen LogP contribution is -2.52. The first-order valence-corrected chi connectivity index (χ1v) is 21.8. The molecule has 0 bridgehead atoms. The molecule has 8 rings (SSSR count). The molecule has 308 valence electrons. The fraction of sp³-hybridized carbons (Fsp3) is 0.375. The summed E-state index contributed by atoms with van der Waals surface area (Å²) in [5.74, 6) is 3.42. The Kier molecular flexibility index (Phi) is 13.6. The number of nitrogens with two attached hydrogens (primary N) is 1. The van der Waals surface area contributed by atoms with Gasteiger partial charge in [-0.25, -0.2) is 43.7 Å². The maximum absolute atomic E-state index is 12.9. The molecule has 4 aliphatic heterocycles. The molecule has 2 atom stereocenters. The molecule has 7 N–H and O–H groups in total. The second-order valence-corrected chi connectivity index (χ2v) is 18.7. The molecule has 0 saturated carbocycles. The number of carbonyl (C=O) groups is 2. The number of hydrogen-bond donors (Lipinski definition) is 6. The van der Waals surface area contributed by atoms with Crippen LogP contribution >= 0.6 is 22.7 Å². The molecular formula is C32H39N9O12S4. The van der Waals surface area contributed by atoms with E-state index in [-0.39, 0.29) is 24.4 Å². The zero-order chi connectivity index (χ0) is 40.7. The number of piperazine rings is 2. The number of hydrogen-bond acceptors (Lipinski definition) is 19. The average molecular weight is 870 g/mol. The SMILES string of the molecule is NO.O=C(NO)c1cnc(N2CCN(S(=O)(=O)C3Cc4ccccc4O3)CC2)s1.O=C(NO)c1cnc(N2CCN(S(=O)(=O)C3Cc4ccccc4OO3)CC2)s1. The van der Waals surface area contributed by atoms with Gasteiger partial charge in [0.25, 0.3) is 21.8 Å². The third kappa shape index (κ3) is 9.28. The number of ether oxygens (including phenoxy) is 1. The van der Waals surface area contributed by atoms with Crippen LogP contribution in [0.1, 0.15) is 30.5 Å². The number of para-hydroxylation sites is 2. The number of aromatic nitrogens is 2. The predicted molar refractivity (Wildman–Crippen MR) is 204 cm³/mol. The van der Waals surface area contributed by atoms with Gasteiger partial charge in [-0.2, -0.15) is 13.5 Å². The Balaban J connectivity index is 0.000000185. The summed E-state index contributed by atoms with van der Waals surface area (Å²) in [4.78, 5) is 45.9. The number of benzene rings is 2. The quantitative estimate of drug-likeness (QED) is 0.0804. The van der Waals surface area contributed by atoms with Crippen molar-refractivity contribution < 1.29 is 56.6 Å². The number of fused-ring (bicyclic) bond motifs is 2. The highest BCUT2D eigenvalue weighted by molar-refractivity contribution is 7.89. The molecule has 0 aliphatic carbocycles. The third-order valence-corrected chi connectivity index (χ3v) is 15.4. The lowest BCUT2D eigenvalue weighted by Gasteiger charge is -2.36. The number of carbonyl (C=O) groups excluding carboxylic acids is 2. The highest BCUT2D eigenvalue weighted by Gasteiger charge is 2.41. The second kappa shape index (κ2) is 18.4. The van der Waals surface area contributed by atoms with Gasteiger partial charge in [-0.1, -0.05) is 59.1 Å². The standard InChI is InChI=1S/C16H18N4O6S2.C16H18N4O5S2.H3NO/c21-15(18-22)13-10-17-16(27-13)19-5-7-20(8-6-19)28(23,24)14-9-11-3-1-2-4-12(11)25-26-14;21-15(18-22)13-10-17-16(26-13)19-5-7-20(8-6-19)27(23,24)14-9-11-3-1-2-4-12(11)25-14;1-2/h1-4,10,14,22H,5-9H2,(H,18,21);1-4,10,14,22H,5-9H2,(H,18,21);2H,1H2. The number of hydroxylamine groups is 2. The van der Waals surface area contributed by atoms with E-state index in [0.29, 0.717) is 72.3 Å². The van der Waals surface area contributed by atoms with Crippen molar-refractivity contribution in [2.75, 3.05) is 62.2 Å². The van der Waals surface area contributed by atoms with Crippen molar-refractivity contribution in [2.45, 2.75) is 23.7 Å². The Labute approximate surface area is 334 Å². The fourth-order valence-electron chi connectivity index (χ4n) is 6.29. The Hall–Kier alpha value is -4.54. The van der Waals surface area contributed by atoms with Crippen LogP contribution < -0.4 is 36.3 Å². The summed E-state index contributed by atoms with van der Waals surface area (Å²) in [6.45, 7) is 2.96. The molecule has 0 spiro atoms. The molecule has 2 amide bonds. The molecule has 21 nitrogen and oxygen atoms in total. The molecule has 4 aliphatic rings. The monoisotopic (exact) mass is 869 g/mol. The van der Waals surface area contributed by atoms with E-state index >= 15 is 0 Å². The summed E-state index contributed by atoms with van der Waals surface area (Å²) in [7, 11) is -7.28. The summed E-state index contributed by atoms with van der Waals surface area (Å²) in [5, 5.41) is 25.1. The molecule has 2 saturated heterocycles. The molecule has 2 aromatic heterocycles. The van der Waals surface area contributed by atoms with Gasteiger partial charge in [-0.3, -0.25) is 20.0 Å². The molecule has 0 radical (unpaired) electrons. The maximum atomic E-state index is 12.9. The van der Waals surface area contributed by atoms with Gasteiger partial charge >= 0.3 is 0 Å². The van der Waals surface area contributed by atoms with E-state index in [2.05, 4.69) is 15.9 Å². The van der Waals surface area contributed by atoms with Crippen molar-refractivity contribution in [3.8, 4) is 11.5 Å². The minimum atomic E-state index is -3.70. The van der Waals surface area contributed by atoms with Crippen LogP contribution in [-0.2, 0) is 37.8 Å². The van der Waals surface area contributed by atoms with Crippen LogP contribution in [0.5, 0.6) is 11.5 Å². The summed E-state index contributed by atoms with van der Waals surface area (Å²) in [6, 6.07) is 14.5. The predicted octanol–water partition coefficient (Wildman–Crippen LogP) is 0.616. The largest absolute Gasteiger partial charge is 0.472 e. The molecule has 6 heterocycles. The lowest BCUT2D eigenvalue weighted by molar-refractivity contribution is -0.231. The van der Waals surface area contributed by atoms with E-state index in [1.54, 1.807) is 29.2 Å². The molecule has 4 aromatic rings. The van der Waals surface area contributed by atoms with Crippen molar-refractivity contribution in [3.63, 3.8) is 0 Å². The summed E-state index contributed by atoms with van der Waals surface area (Å²) in [5.41, 5.74) is 2.86. The van der Waals surface area contributed by atoms with E-state index in [9.17, 15) is 26.4 Å². The molecule has 2 aromatic carbocycles. The average Bonchev–Trinajstić information content (AvgIpc) is 4.05. The molecule has 2 fully saturated rings. The Morgan fingerprint density at radius 3 is 1.56 bits per heavy atom. The zero-order valence-corrected chi connectivity index (χ0v) is 33.2. The number of nitrogens with one attached hydrogen (secondary N) is 2. The molecular weight excluding hydrogens is 831 g/mol. The van der Waals surface area contributed by atoms with Crippen molar-refractivity contribution in [2.24, 2.45) is 5.90 Å². The number of rotatable bonds is 8. The van der Waals surface area contributed by atoms with Crippen LogP contribution in [0, 0.1) is 0 Å². The van der Waals surface area contributed by atoms with Gasteiger partial charge in [0.2, 0.25) is 20.9 Å². The van der Waals surface area contributed by atoms with Gasteiger partial charge in [0, 0.05) is 70.8 Å². The first-order chi connectivity index (χ1) is 27.5. The van der Waals surface area contributed by atoms with Crippen LogP contribution in [0.4, 0.5) is 10.3 Å². The van der Waals surface area contributed by atoms with Crippen molar-refractivity contribution in [3.05, 3.63) is 81.8 Å². The van der Waals surface area contributed by atoms with E-state index < -0.39 is 42.7 Å². The first-order valence-electron chi connectivity index (χ1n) is 17.2. The van der Waals surface area contributed by atoms with Gasteiger partial charge in [0.05, 0.1) is 12.4 Å². The number of amides is 2. The zero-order valence-electron chi connectivity index (χ0n) is 29.9. The van der Waals surface area contributed by atoms with Crippen LogP contribution in [0.2, 0.25) is 0 Å². The smallest absolute Gasteiger partial charge is 0.286 e. The van der Waals surface area contributed by atoms with Gasteiger partial charge in [0.15, 0.2) is 16.0 Å². The Morgan fingerprint density at radius 1 is 0.667 bits per heavy atom. The van der Waals surface area contributed by atoms with Crippen LogP contribution in [0.25, 0.3) is 0 Å². The number of thiazole rings is 2. The van der Waals surface area contributed by atoms with Crippen molar-refractivity contribution >= 4 is 64.8 Å². The minimum absolute atomic E-state index is 0.227. The summed E-state index contributed by atoms with van der Waals surface area (Å²) >= 11 is 2.28. The van der Waals surface area contributed by atoms with E-state index in [1.165, 1.54) is 21.0 Å². The van der Waals surface area contributed by atoms with Gasteiger partial charge in [0.1, 0.15) is 15.5 Å². The van der Waals surface area contributed by atoms with Gasteiger partial charge < -0.3 is 24.6 Å². The van der Waals surface area contributed by atoms with Crippen LogP contribution in [-0.4, -0.2) is 126 Å². The maximum Gasteiger partial charge on any atom is 0.286 e. The van der Waals surface area contributed by atoms with E-state index in [1.807, 2.05) is 40.1 Å². The second-order valence-electron chi connectivity index (χ2n) is 12.5. The highest BCUT2D eigenvalue weighted by atomic mass is 32.2. The van der Waals surface area contributed by atoms with Crippen LogP contribution in [0.15, 0.2) is 60.9 Å². The fourth-order valence-corrected chi connectivity index (χ4v) is 11.2. The number of nitrogens with zero attached hydrogens (tertiary/aromatic N) is 6.